The molecule has 0 aliphatic carbocycles. The van der Waals surface area contributed by atoms with Crippen LogP contribution < -0.4 is 5.43 Å². The molecule has 1 N–H and O–H groups in total. The van der Waals surface area contributed by atoms with Crippen LogP contribution in [0.25, 0.3) is 11.0 Å². The number of pyridine rings is 1. The lowest BCUT2D eigenvalue weighted by atomic mass is 10.2. The summed E-state index contributed by atoms with van der Waals surface area (Å²) in [5.41, 5.74) is 0.231. The first kappa shape index (κ1) is 11.3. The second kappa shape index (κ2) is 3.97. The molecule has 2 aromatic rings. The molecule has 6 heteroatoms. The highest BCUT2D eigenvalue weighted by atomic mass is 16.4. The highest BCUT2D eigenvalue weighted by molar-refractivity contribution is 5.91. The van der Waals surface area contributed by atoms with Crippen LogP contribution in [0, 0.1) is 6.92 Å². The zero-order valence-electron chi connectivity index (χ0n) is 9.47. The minimum absolute atomic E-state index is 0.244. The van der Waals surface area contributed by atoms with Crippen LogP contribution in [0.1, 0.15) is 23.0 Å². The zero-order valence-corrected chi connectivity index (χ0v) is 9.47. The van der Waals surface area contributed by atoms with Crippen molar-refractivity contribution in [2.24, 2.45) is 0 Å². The van der Waals surface area contributed by atoms with Gasteiger partial charge in [-0.05, 0) is 19.9 Å². The summed E-state index contributed by atoms with van der Waals surface area (Å²) >= 11 is 0. The van der Waals surface area contributed by atoms with E-state index in [4.69, 9.17) is 5.11 Å². The lowest BCUT2D eigenvalue weighted by Crippen LogP contribution is -2.19. The van der Waals surface area contributed by atoms with Crippen LogP contribution in [0.2, 0.25) is 0 Å². The summed E-state index contributed by atoms with van der Waals surface area (Å²) in [6.07, 6.45) is 1.30. The highest BCUT2D eigenvalue weighted by Crippen LogP contribution is 2.09. The van der Waals surface area contributed by atoms with E-state index in [2.05, 4.69) is 10.2 Å². The van der Waals surface area contributed by atoms with Gasteiger partial charge in [-0.25, -0.2) is 4.79 Å². The molecule has 0 saturated heterocycles. The van der Waals surface area contributed by atoms with E-state index >= 15 is 0 Å². The first-order chi connectivity index (χ1) is 8.04. The van der Waals surface area contributed by atoms with Crippen LogP contribution in [0.15, 0.2) is 17.1 Å². The molecule has 0 atom stereocenters. The van der Waals surface area contributed by atoms with Crippen molar-refractivity contribution in [1.82, 2.24) is 14.8 Å². The number of aromatic carboxylic acids is 1. The third-order valence-electron chi connectivity index (χ3n) is 2.51. The van der Waals surface area contributed by atoms with Crippen molar-refractivity contribution < 1.29 is 9.90 Å². The Morgan fingerprint density at radius 1 is 1.47 bits per heavy atom. The van der Waals surface area contributed by atoms with Crippen molar-refractivity contribution >= 4 is 17.0 Å². The lowest BCUT2D eigenvalue weighted by Gasteiger charge is -2.08. The normalized spacial score (nSPS) is 10.7. The van der Waals surface area contributed by atoms with Crippen LogP contribution in [0.3, 0.4) is 0 Å². The van der Waals surface area contributed by atoms with Gasteiger partial charge in [0.25, 0.3) is 0 Å². The first-order valence-electron chi connectivity index (χ1n) is 5.15. The number of aryl methyl sites for hydroxylation is 2. The molecule has 0 fully saturated rings. The molecule has 2 aromatic heterocycles. The van der Waals surface area contributed by atoms with Crippen molar-refractivity contribution in [3.63, 3.8) is 0 Å². The molecule has 6 nitrogen and oxygen atoms in total. The van der Waals surface area contributed by atoms with Crippen molar-refractivity contribution in [3.05, 3.63) is 33.7 Å². The third-order valence-corrected chi connectivity index (χ3v) is 2.51. The zero-order chi connectivity index (χ0) is 12.6. The average molecular weight is 233 g/mol. The minimum atomic E-state index is -1.23. The molecule has 0 aromatic carbocycles. The van der Waals surface area contributed by atoms with Crippen molar-refractivity contribution in [2.45, 2.75) is 20.4 Å². The maximum absolute atomic E-state index is 11.9. The van der Waals surface area contributed by atoms with Gasteiger partial charge in [0.1, 0.15) is 5.56 Å². The van der Waals surface area contributed by atoms with Gasteiger partial charge in [0, 0.05) is 12.7 Å². The quantitative estimate of drug-likeness (QED) is 0.829. The van der Waals surface area contributed by atoms with Gasteiger partial charge in [-0.1, -0.05) is 0 Å². The molecule has 88 valence electrons. The van der Waals surface area contributed by atoms with E-state index in [1.165, 1.54) is 6.20 Å². The Labute approximate surface area is 96.5 Å². The summed E-state index contributed by atoms with van der Waals surface area (Å²) in [4.78, 5) is 22.9. The molecule has 0 amide bonds. The number of rotatable bonds is 2. The maximum atomic E-state index is 11.9. The van der Waals surface area contributed by atoms with E-state index in [9.17, 15) is 9.59 Å². The van der Waals surface area contributed by atoms with E-state index in [1.54, 1.807) is 17.6 Å². The van der Waals surface area contributed by atoms with E-state index in [0.29, 0.717) is 23.3 Å². The Balaban J connectivity index is 2.96. The summed E-state index contributed by atoms with van der Waals surface area (Å²) in [6, 6.07) is 1.56. The molecule has 0 saturated carbocycles. The van der Waals surface area contributed by atoms with E-state index in [0.717, 1.165) is 0 Å². The van der Waals surface area contributed by atoms with Crippen LogP contribution in [-0.2, 0) is 6.54 Å². The van der Waals surface area contributed by atoms with Gasteiger partial charge in [0.05, 0.1) is 11.1 Å². The number of aromatic nitrogens is 3. The number of carbonyl (C=O) groups is 1. The predicted octanol–water partition coefficient (Wildman–Crippen LogP) is 0.818. The predicted molar refractivity (Wildman–Crippen MR) is 61.2 cm³/mol. The molecule has 0 aliphatic rings. The summed E-state index contributed by atoms with van der Waals surface area (Å²) < 4.78 is 1.60. The van der Waals surface area contributed by atoms with Crippen LogP contribution in [0.5, 0.6) is 0 Å². The number of hydrogen-bond acceptors (Lipinski definition) is 4. The molecule has 17 heavy (non-hydrogen) atoms. The summed E-state index contributed by atoms with van der Waals surface area (Å²) in [7, 11) is 0. The molecule has 2 rings (SSSR count). The van der Waals surface area contributed by atoms with Crippen molar-refractivity contribution in [1.29, 1.82) is 0 Å². The number of nitrogens with zero attached hydrogens (tertiary/aromatic N) is 3. The average Bonchev–Trinajstić information content (AvgIpc) is 2.29. The fourth-order valence-electron chi connectivity index (χ4n) is 1.68. The Morgan fingerprint density at radius 2 is 2.18 bits per heavy atom. The van der Waals surface area contributed by atoms with Gasteiger partial charge >= 0.3 is 5.97 Å². The number of carboxylic acid groups (broad SMARTS) is 1. The second-order valence-corrected chi connectivity index (χ2v) is 3.69. The van der Waals surface area contributed by atoms with Gasteiger partial charge in [-0.3, -0.25) is 4.79 Å². The maximum Gasteiger partial charge on any atom is 0.341 e. The number of carboxylic acids is 1. The van der Waals surface area contributed by atoms with Gasteiger partial charge in [-0.15, -0.1) is 5.10 Å². The lowest BCUT2D eigenvalue weighted by molar-refractivity contribution is 0.0695. The van der Waals surface area contributed by atoms with Crippen LogP contribution in [-0.4, -0.2) is 25.8 Å². The van der Waals surface area contributed by atoms with E-state index in [1.807, 2.05) is 6.92 Å². The Hall–Kier alpha value is -2.24. The first-order valence-corrected chi connectivity index (χ1v) is 5.15. The van der Waals surface area contributed by atoms with Gasteiger partial charge in [-0.2, -0.15) is 5.10 Å². The topological polar surface area (TPSA) is 85.1 Å². The fraction of sp³-hybridized carbons (Fsp3) is 0.273. The number of fused-ring (bicyclic) bond motifs is 1. The molecule has 0 bridgehead atoms. The summed E-state index contributed by atoms with van der Waals surface area (Å²) in [6.45, 7) is 4.07. The van der Waals surface area contributed by atoms with Gasteiger partial charge < -0.3 is 9.67 Å². The summed E-state index contributed by atoms with van der Waals surface area (Å²) in [5, 5.41) is 17.1. The largest absolute Gasteiger partial charge is 0.477 e. The smallest absolute Gasteiger partial charge is 0.341 e. The fourth-order valence-corrected chi connectivity index (χ4v) is 1.68. The monoisotopic (exact) mass is 233 g/mol. The van der Waals surface area contributed by atoms with E-state index in [-0.39, 0.29) is 5.56 Å². The Kier molecular flexibility index (Phi) is 2.63. The van der Waals surface area contributed by atoms with E-state index < -0.39 is 11.4 Å². The van der Waals surface area contributed by atoms with Crippen LogP contribution >= 0.6 is 0 Å². The molecular formula is C11H11N3O3. The second-order valence-electron chi connectivity index (χ2n) is 3.69. The Morgan fingerprint density at radius 3 is 2.76 bits per heavy atom. The summed E-state index contributed by atoms with van der Waals surface area (Å²) in [5.74, 6) is -1.23. The van der Waals surface area contributed by atoms with Crippen molar-refractivity contribution in [3.8, 4) is 0 Å². The van der Waals surface area contributed by atoms with Crippen LogP contribution in [0.4, 0.5) is 0 Å². The number of hydrogen-bond donors (Lipinski definition) is 1. The molecule has 2 heterocycles. The third kappa shape index (κ3) is 1.77. The molecule has 0 aliphatic heterocycles. The minimum Gasteiger partial charge on any atom is -0.477 e. The van der Waals surface area contributed by atoms with Crippen molar-refractivity contribution in [2.75, 3.05) is 0 Å². The molecular weight excluding hydrogens is 222 g/mol. The molecule has 0 radical (unpaired) electrons. The Bertz CT molecular complexity index is 661. The standard InChI is InChI=1S/C11H11N3O3/c1-3-14-5-8(11(16)17)9(15)7-4-6(2)12-13-10(7)14/h4-5H,3H2,1-2H3,(H,16,17). The van der Waals surface area contributed by atoms with Gasteiger partial charge in [0.15, 0.2) is 5.65 Å². The highest BCUT2D eigenvalue weighted by Gasteiger charge is 2.15. The molecule has 0 unspecified atom stereocenters. The molecule has 0 spiro atoms. The van der Waals surface area contributed by atoms with Gasteiger partial charge in [0.2, 0.25) is 5.43 Å². The SMILES string of the molecule is CCn1cc(C(=O)O)c(=O)c2cc(C)nnc21.